The van der Waals surface area contributed by atoms with Gasteiger partial charge in [-0.3, -0.25) is 4.79 Å². The molecular formula is C15H16N2O3. The molecule has 2 rings (SSSR count). The number of benzene rings is 1. The van der Waals surface area contributed by atoms with E-state index >= 15 is 0 Å². The van der Waals surface area contributed by atoms with Crippen LogP contribution in [0.1, 0.15) is 32.1 Å². The van der Waals surface area contributed by atoms with Crippen molar-refractivity contribution in [2.45, 2.75) is 13.8 Å². The number of nitrogens with zero attached hydrogens (tertiary/aromatic N) is 1. The maximum atomic E-state index is 12.2. The van der Waals surface area contributed by atoms with Gasteiger partial charge in [-0.15, -0.1) is 0 Å². The Hall–Kier alpha value is -2.56. The summed E-state index contributed by atoms with van der Waals surface area (Å²) in [5.41, 5.74) is 2.98. The molecule has 0 radical (unpaired) electrons. The fourth-order valence-electron chi connectivity index (χ4n) is 1.92. The Bertz CT molecular complexity index is 686. The number of carboxylic acids is 1. The lowest BCUT2D eigenvalue weighted by Crippen LogP contribution is -2.17. The van der Waals surface area contributed by atoms with E-state index in [2.05, 4.69) is 5.32 Å². The van der Waals surface area contributed by atoms with Crippen LogP contribution in [-0.2, 0) is 7.05 Å². The van der Waals surface area contributed by atoms with Crippen molar-refractivity contribution in [2.24, 2.45) is 7.05 Å². The van der Waals surface area contributed by atoms with Crippen LogP contribution in [0.5, 0.6) is 0 Å². The van der Waals surface area contributed by atoms with Gasteiger partial charge in [0.25, 0.3) is 5.91 Å². The molecule has 20 heavy (non-hydrogen) atoms. The van der Waals surface area contributed by atoms with Crippen molar-refractivity contribution in [1.82, 2.24) is 4.57 Å². The molecule has 0 spiro atoms. The molecule has 2 N–H and O–H groups in total. The molecule has 5 nitrogen and oxygen atoms in total. The standard InChI is InChI=1S/C15H16N2O3/c1-9-4-6-11(15(19)20)8-12(9)16-14(18)13-7-5-10(2)17(13)3/h4-8H,1-3H3,(H,16,18)(H,19,20). The normalized spacial score (nSPS) is 10.3. The predicted octanol–water partition coefficient (Wildman–Crippen LogP) is 2.59. The highest BCUT2D eigenvalue weighted by Crippen LogP contribution is 2.18. The van der Waals surface area contributed by atoms with E-state index in [9.17, 15) is 9.59 Å². The van der Waals surface area contributed by atoms with Gasteiger partial charge in [0.1, 0.15) is 5.69 Å². The summed E-state index contributed by atoms with van der Waals surface area (Å²) in [5.74, 6) is -1.28. The molecule has 0 atom stereocenters. The van der Waals surface area contributed by atoms with E-state index in [4.69, 9.17) is 5.11 Å². The highest BCUT2D eigenvalue weighted by molar-refractivity contribution is 6.04. The highest BCUT2D eigenvalue weighted by atomic mass is 16.4. The van der Waals surface area contributed by atoms with Gasteiger partial charge in [0.2, 0.25) is 0 Å². The molecule has 0 saturated heterocycles. The molecule has 0 unspecified atom stereocenters. The third-order valence-corrected chi connectivity index (χ3v) is 3.34. The number of rotatable bonds is 3. The van der Waals surface area contributed by atoms with E-state index in [0.29, 0.717) is 11.4 Å². The van der Waals surface area contributed by atoms with E-state index in [0.717, 1.165) is 11.3 Å². The van der Waals surface area contributed by atoms with Gasteiger partial charge in [-0.2, -0.15) is 0 Å². The van der Waals surface area contributed by atoms with Crippen LogP contribution in [0.25, 0.3) is 0 Å². The van der Waals surface area contributed by atoms with Gasteiger partial charge in [-0.1, -0.05) is 6.07 Å². The second-order valence-electron chi connectivity index (χ2n) is 4.71. The highest BCUT2D eigenvalue weighted by Gasteiger charge is 2.13. The maximum Gasteiger partial charge on any atom is 0.335 e. The fraction of sp³-hybridized carbons (Fsp3) is 0.200. The number of amides is 1. The topological polar surface area (TPSA) is 71.3 Å². The lowest BCUT2D eigenvalue weighted by molar-refractivity contribution is 0.0696. The Kier molecular flexibility index (Phi) is 3.61. The first kappa shape index (κ1) is 13.9. The van der Waals surface area contributed by atoms with E-state index < -0.39 is 5.97 Å². The first-order chi connectivity index (χ1) is 9.40. The van der Waals surface area contributed by atoms with E-state index in [-0.39, 0.29) is 11.5 Å². The number of carbonyl (C=O) groups is 2. The van der Waals surface area contributed by atoms with Crippen LogP contribution >= 0.6 is 0 Å². The zero-order valence-corrected chi connectivity index (χ0v) is 11.6. The predicted molar refractivity (Wildman–Crippen MR) is 76.2 cm³/mol. The maximum absolute atomic E-state index is 12.2. The third kappa shape index (κ3) is 2.56. The quantitative estimate of drug-likeness (QED) is 0.902. The van der Waals surface area contributed by atoms with Crippen LogP contribution in [0.3, 0.4) is 0 Å². The van der Waals surface area contributed by atoms with Gasteiger partial charge >= 0.3 is 5.97 Å². The summed E-state index contributed by atoms with van der Waals surface area (Å²) in [5, 5.41) is 11.7. The molecule has 1 aromatic carbocycles. The lowest BCUT2D eigenvalue weighted by Gasteiger charge is -2.10. The van der Waals surface area contributed by atoms with Crippen LogP contribution in [0.4, 0.5) is 5.69 Å². The second-order valence-corrected chi connectivity index (χ2v) is 4.71. The zero-order valence-electron chi connectivity index (χ0n) is 11.6. The summed E-state index contributed by atoms with van der Waals surface area (Å²) >= 11 is 0. The number of nitrogens with one attached hydrogen (secondary N) is 1. The molecule has 0 bridgehead atoms. The molecule has 104 valence electrons. The summed E-state index contributed by atoms with van der Waals surface area (Å²) in [4.78, 5) is 23.2. The average Bonchev–Trinajstić information content (AvgIpc) is 2.72. The SMILES string of the molecule is Cc1ccc(C(=O)O)cc1NC(=O)c1ccc(C)n1C. The number of carbonyl (C=O) groups excluding carboxylic acids is 1. The van der Waals surface area contributed by atoms with Gasteiger partial charge in [0, 0.05) is 18.4 Å². The van der Waals surface area contributed by atoms with Gasteiger partial charge in [-0.25, -0.2) is 4.79 Å². The Labute approximate surface area is 116 Å². The van der Waals surface area contributed by atoms with Crippen molar-refractivity contribution in [3.63, 3.8) is 0 Å². The first-order valence-electron chi connectivity index (χ1n) is 6.17. The molecule has 0 aliphatic carbocycles. The molecule has 0 aliphatic rings. The average molecular weight is 272 g/mol. The summed E-state index contributed by atoms with van der Waals surface area (Å²) in [6.07, 6.45) is 0. The minimum absolute atomic E-state index is 0.147. The van der Waals surface area contributed by atoms with E-state index in [1.165, 1.54) is 12.1 Å². The number of hydrogen-bond acceptors (Lipinski definition) is 2. The molecular weight excluding hydrogens is 256 g/mol. The van der Waals surface area contributed by atoms with Crippen molar-refractivity contribution in [3.05, 3.63) is 52.8 Å². The van der Waals surface area contributed by atoms with E-state index in [1.54, 1.807) is 16.7 Å². The van der Waals surface area contributed by atoms with Crippen LogP contribution < -0.4 is 5.32 Å². The Balaban J connectivity index is 2.30. The van der Waals surface area contributed by atoms with Gasteiger partial charge in [0.05, 0.1) is 5.56 Å². The van der Waals surface area contributed by atoms with Gasteiger partial charge in [-0.05, 0) is 43.7 Å². The summed E-state index contributed by atoms with van der Waals surface area (Å²) in [6, 6.07) is 8.25. The molecule has 0 saturated carbocycles. The Morgan fingerprint density at radius 1 is 1.15 bits per heavy atom. The Morgan fingerprint density at radius 3 is 2.40 bits per heavy atom. The van der Waals surface area contributed by atoms with Crippen molar-refractivity contribution >= 4 is 17.6 Å². The fourth-order valence-corrected chi connectivity index (χ4v) is 1.92. The number of aryl methyl sites for hydroxylation is 2. The second kappa shape index (κ2) is 5.21. The summed E-state index contributed by atoms with van der Waals surface area (Å²) < 4.78 is 1.78. The molecule has 0 fully saturated rings. The first-order valence-corrected chi connectivity index (χ1v) is 6.17. The van der Waals surface area contributed by atoms with Crippen molar-refractivity contribution < 1.29 is 14.7 Å². The van der Waals surface area contributed by atoms with Crippen molar-refractivity contribution in [1.29, 1.82) is 0 Å². The largest absolute Gasteiger partial charge is 0.478 e. The molecule has 0 aliphatic heterocycles. The van der Waals surface area contributed by atoms with Crippen LogP contribution in [0.15, 0.2) is 30.3 Å². The zero-order chi connectivity index (χ0) is 14.9. The van der Waals surface area contributed by atoms with Crippen LogP contribution in [0.2, 0.25) is 0 Å². The number of hydrogen-bond donors (Lipinski definition) is 2. The number of anilines is 1. The minimum atomic E-state index is -1.02. The summed E-state index contributed by atoms with van der Waals surface area (Å²) in [7, 11) is 1.81. The molecule has 1 heterocycles. The smallest absolute Gasteiger partial charge is 0.335 e. The van der Waals surface area contributed by atoms with Crippen molar-refractivity contribution in [2.75, 3.05) is 5.32 Å². The Morgan fingerprint density at radius 2 is 1.85 bits per heavy atom. The van der Waals surface area contributed by atoms with Gasteiger partial charge in [0.15, 0.2) is 0 Å². The lowest BCUT2D eigenvalue weighted by atomic mass is 10.1. The van der Waals surface area contributed by atoms with Crippen LogP contribution in [0, 0.1) is 13.8 Å². The number of carboxylic acid groups (broad SMARTS) is 1. The monoisotopic (exact) mass is 272 g/mol. The number of aromatic carboxylic acids is 1. The molecule has 1 amide bonds. The van der Waals surface area contributed by atoms with Crippen LogP contribution in [-0.4, -0.2) is 21.6 Å². The minimum Gasteiger partial charge on any atom is -0.478 e. The van der Waals surface area contributed by atoms with Crippen molar-refractivity contribution in [3.8, 4) is 0 Å². The van der Waals surface area contributed by atoms with Gasteiger partial charge < -0.3 is 15.0 Å². The summed E-state index contributed by atoms with van der Waals surface area (Å²) in [6.45, 7) is 3.73. The van der Waals surface area contributed by atoms with E-state index in [1.807, 2.05) is 27.0 Å². The third-order valence-electron chi connectivity index (χ3n) is 3.34. The molecule has 5 heteroatoms. The number of aromatic nitrogens is 1. The molecule has 2 aromatic rings. The molecule has 1 aromatic heterocycles.